The topological polar surface area (TPSA) is 67.8 Å². The van der Waals surface area contributed by atoms with Crippen LogP contribution in [-0.4, -0.2) is 36.9 Å². The largest absolute Gasteiger partial charge is 0.493 e. The number of ether oxygens (including phenoxy) is 2. The Kier molecular flexibility index (Phi) is 4.49. The molecule has 0 unspecified atom stereocenters. The number of hydrogen-bond acceptors (Lipinski definition) is 4. The number of hydrogen-bond donors (Lipinski definition) is 2. The highest BCUT2D eigenvalue weighted by Crippen LogP contribution is 2.38. The summed E-state index contributed by atoms with van der Waals surface area (Å²) in [4.78, 5) is 11.7. The van der Waals surface area contributed by atoms with E-state index in [-0.39, 0.29) is 19.1 Å². The first-order chi connectivity index (χ1) is 9.53. The van der Waals surface area contributed by atoms with Gasteiger partial charge in [0.15, 0.2) is 18.1 Å². The number of methoxy groups -OCH3 is 1. The molecule has 0 aromatic heterocycles. The molecule has 20 heavy (non-hydrogen) atoms. The van der Waals surface area contributed by atoms with Crippen LogP contribution in [0.3, 0.4) is 0 Å². The lowest BCUT2D eigenvalue weighted by Gasteiger charge is -2.23. The fraction of sp³-hybridized carbons (Fsp3) is 0.533. The SMILES string of the molecule is COc1ccccc1OCC(=O)NC[C@@](C)(O)C1CC1. The van der Waals surface area contributed by atoms with E-state index in [0.717, 1.165) is 12.8 Å². The molecule has 1 aliphatic rings. The van der Waals surface area contributed by atoms with E-state index in [2.05, 4.69) is 5.32 Å². The van der Waals surface area contributed by atoms with Gasteiger partial charge in [-0.3, -0.25) is 4.79 Å². The second-order valence-electron chi connectivity index (χ2n) is 5.35. The van der Waals surface area contributed by atoms with Crippen molar-refractivity contribution in [3.8, 4) is 11.5 Å². The van der Waals surface area contributed by atoms with Crippen molar-refractivity contribution in [1.29, 1.82) is 0 Å². The van der Waals surface area contributed by atoms with Crippen molar-refractivity contribution in [1.82, 2.24) is 5.32 Å². The second kappa shape index (κ2) is 6.13. The molecule has 1 amide bonds. The fourth-order valence-corrected chi connectivity index (χ4v) is 2.06. The molecule has 1 aliphatic carbocycles. The molecule has 5 nitrogen and oxygen atoms in total. The molecule has 0 aliphatic heterocycles. The quantitative estimate of drug-likeness (QED) is 0.790. The van der Waals surface area contributed by atoms with Gasteiger partial charge in [-0.2, -0.15) is 0 Å². The summed E-state index contributed by atoms with van der Waals surface area (Å²) in [6, 6.07) is 7.16. The van der Waals surface area contributed by atoms with Crippen LogP contribution < -0.4 is 14.8 Å². The zero-order valence-corrected chi connectivity index (χ0v) is 11.9. The first kappa shape index (κ1) is 14.7. The molecule has 110 valence electrons. The third-order valence-electron chi connectivity index (χ3n) is 3.53. The van der Waals surface area contributed by atoms with E-state index in [4.69, 9.17) is 9.47 Å². The van der Waals surface area contributed by atoms with E-state index in [1.54, 1.807) is 26.2 Å². The molecule has 1 fully saturated rings. The molecule has 0 radical (unpaired) electrons. The molecule has 5 heteroatoms. The predicted octanol–water partition coefficient (Wildman–Crippen LogP) is 1.35. The van der Waals surface area contributed by atoms with Gasteiger partial charge >= 0.3 is 0 Å². The van der Waals surface area contributed by atoms with Crippen LogP contribution in [0.15, 0.2) is 24.3 Å². The van der Waals surface area contributed by atoms with Gasteiger partial charge in [0.05, 0.1) is 12.7 Å². The molecular weight excluding hydrogens is 258 g/mol. The summed E-state index contributed by atoms with van der Waals surface area (Å²) in [7, 11) is 1.55. The molecule has 1 aromatic carbocycles. The minimum absolute atomic E-state index is 0.0961. The summed E-state index contributed by atoms with van der Waals surface area (Å²) in [5.74, 6) is 1.17. The number of benzene rings is 1. The van der Waals surface area contributed by atoms with Gasteiger partial charge < -0.3 is 19.9 Å². The Morgan fingerprint density at radius 1 is 1.40 bits per heavy atom. The standard InChI is InChI=1S/C15H21NO4/c1-15(18,11-7-8-11)10-16-14(17)9-20-13-6-4-3-5-12(13)19-2/h3-6,11,18H,7-10H2,1-2H3,(H,16,17)/t15-/m1/s1. The lowest BCUT2D eigenvalue weighted by Crippen LogP contribution is -2.43. The van der Waals surface area contributed by atoms with Crippen LogP contribution in [0.5, 0.6) is 11.5 Å². The van der Waals surface area contributed by atoms with E-state index < -0.39 is 5.60 Å². The summed E-state index contributed by atoms with van der Waals surface area (Å²) in [5.41, 5.74) is -0.819. The number of para-hydroxylation sites is 2. The van der Waals surface area contributed by atoms with Gasteiger partial charge in [0.25, 0.3) is 5.91 Å². The van der Waals surface area contributed by atoms with Gasteiger partial charge in [-0.05, 0) is 37.8 Å². The van der Waals surface area contributed by atoms with Gasteiger partial charge in [0, 0.05) is 6.54 Å². The monoisotopic (exact) mass is 279 g/mol. The van der Waals surface area contributed by atoms with Crippen LogP contribution in [0.1, 0.15) is 19.8 Å². The second-order valence-corrected chi connectivity index (χ2v) is 5.35. The van der Waals surface area contributed by atoms with E-state index in [1.165, 1.54) is 0 Å². The number of carbonyl (C=O) groups excluding carboxylic acids is 1. The molecule has 2 N–H and O–H groups in total. The first-order valence-electron chi connectivity index (χ1n) is 6.78. The van der Waals surface area contributed by atoms with Crippen LogP contribution in [0, 0.1) is 5.92 Å². The Balaban J connectivity index is 1.77. The molecule has 1 atom stereocenters. The van der Waals surface area contributed by atoms with Crippen LogP contribution in [0.2, 0.25) is 0 Å². The lowest BCUT2D eigenvalue weighted by molar-refractivity contribution is -0.124. The third kappa shape index (κ3) is 3.87. The predicted molar refractivity (Wildman–Crippen MR) is 74.8 cm³/mol. The average Bonchev–Trinajstić information content (AvgIpc) is 3.28. The van der Waals surface area contributed by atoms with Crippen molar-refractivity contribution in [2.24, 2.45) is 5.92 Å². The van der Waals surface area contributed by atoms with Crippen LogP contribution in [0.25, 0.3) is 0 Å². The van der Waals surface area contributed by atoms with Gasteiger partial charge in [-0.15, -0.1) is 0 Å². The summed E-state index contributed by atoms with van der Waals surface area (Å²) in [6.07, 6.45) is 2.06. The minimum Gasteiger partial charge on any atom is -0.493 e. The van der Waals surface area contributed by atoms with Crippen molar-refractivity contribution in [3.05, 3.63) is 24.3 Å². The average molecular weight is 279 g/mol. The van der Waals surface area contributed by atoms with Gasteiger partial charge in [-0.25, -0.2) is 0 Å². The lowest BCUT2D eigenvalue weighted by atomic mass is 10.0. The van der Waals surface area contributed by atoms with Gasteiger partial charge in [0.2, 0.25) is 0 Å². The third-order valence-corrected chi connectivity index (χ3v) is 3.53. The summed E-state index contributed by atoms with van der Waals surface area (Å²) in [5, 5.41) is 12.8. The van der Waals surface area contributed by atoms with Crippen molar-refractivity contribution < 1.29 is 19.4 Å². The van der Waals surface area contributed by atoms with E-state index in [0.29, 0.717) is 17.4 Å². The fourth-order valence-electron chi connectivity index (χ4n) is 2.06. The summed E-state index contributed by atoms with van der Waals surface area (Å²) < 4.78 is 10.5. The highest BCUT2D eigenvalue weighted by atomic mass is 16.5. The van der Waals surface area contributed by atoms with E-state index in [9.17, 15) is 9.90 Å². The Morgan fingerprint density at radius 3 is 2.65 bits per heavy atom. The maximum atomic E-state index is 11.7. The number of carbonyl (C=O) groups is 1. The Labute approximate surface area is 118 Å². The van der Waals surface area contributed by atoms with E-state index >= 15 is 0 Å². The molecule has 0 bridgehead atoms. The van der Waals surface area contributed by atoms with Crippen molar-refractivity contribution in [2.45, 2.75) is 25.4 Å². The Hall–Kier alpha value is -1.75. The van der Waals surface area contributed by atoms with Crippen LogP contribution in [-0.2, 0) is 4.79 Å². The first-order valence-corrected chi connectivity index (χ1v) is 6.78. The highest BCUT2D eigenvalue weighted by Gasteiger charge is 2.39. The number of amides is 1. The van der Waals surface area contributed by atoms with Gasteiger partial charge in [-0.1, -0.05) is 12.1 Å². The Bertz CT molecular complexity index is 469. The maximum Gasteiger partial charge on any atom is 0.258 e. The van der Waals surface area contributed by atoms with Crippen LogP contribution in [0.4, 0.5) is 0 Å². The number of rotatable bonds is 7. The van der Waals surface area contributed by atoms with Crippen molar-refractivity contribution >= 4 is 5.91 Å². The number of aliphatic hydroxyl groups is 1. The molecule has 2 rings (SSSR count). The molecular formula is C15H21NO4. The molecule has 1 aromatic rings. The van der Waals surface area contributed by atoms with Crippen molar-refractivity contribution in [3.63, 3.8) is 0 Å². The zero-order valence-electron chi connectivity index (χ0n) is 11.9. The summed E-state index contributed by atoms with van der Waals surface area (Å²) in [6.45, 7) is 1.92. The normalized spacial score (nSPS) is 17.1. The molecule has 0 saturated heterocycles. The molecule has 0 spiro atoms. The minimum atomic E-state index is -0.819. The van der Waals surface area contributed by atoms with E-state index in [1.807, 2.05) is 12.1 Å². The molecule has 1 saturated carbocycles. The van der Waals surface area contributed by atoms with Crippen LogP contribution >= 0.6 is 0 Å². The maximum absolute atomic E-state index is 11.7. The smallest absolute Gasteiger partial charge is 0.258 e. The zero-order chi connectivity index (χ0) is 14.6. The molecule has 0 heterocycles. The Morgan fingerprint density at radius 2 is 2.05 bits per heavy atom. The highest BCUT2D eigenvalue weighted by molar-refractivity contribution is 5.77. The van der Waals surface area contributed by atoms with Crippen molar-refractivity contribution in [2.75, 3.05) is 20.3 Å². The summed E-state index contributed by atoms with van der Waals surface area (Å²) >= 11 is 0. The number of nitrogens with one attached hydrogen (secondary N) is 1. The van der Waals surface area contributed by atoms with Gasteiger partial charge in [0.1, 0.15) is 0 Å².